The maximum absolute atomic E-state index is 12.8. The monoisotopic (exact) mass is 424 g/mol. The molecule has 0 fully saturated rings. The second-order valence-electron chi connectivity index (χ2n) is 5.60. The number of benzene rings is 2. The number of hydrogen-bond acceptors (Lipinski definition) is 2. The fourth-order valence-corrected chi connectivity index (χ4v) is 2.89. The highest BCUT2D eigenvalue weighted by atomic mass is 79.9. The minimum absolute atomic E-state index is 0.0522. The van der Waals surface area contributed by atoms with Crippen LogP contribution in [0.5, 0.6) is 0 Å². The van der Waals surface area contributed by atoms with Crippen molar-refractivity contribution in [2.45, 2.75) is 12.7 Å². The van der Waals surface area contributed by atoms with Crippen LogP contribution in [0.15, 0.2) is 64.0 Å². The molecule has 1 aromatic heterocycles. The van der Waals surface area contributed by atoms with Crippen LogP contribution in [0.4, 0.5) is 18.9 Å². The highest BCUT2D eigenvalue weighted by molar-refractivity contribution is 9.10. The van der Waals surface area contributed by atoms with Crippen LogP contribution in [0.1, 0.15) is 5.56 Å². The maximum Gasteiger partial charge on any atom is 0.416 e. The Labute approximate surface area is 154 Å². The third-order valence-electron chi connectivity index (χ3n) is 3.73. The summed E-state index contributed by atoms with van der Waals surface area (Å²) in [5.74, 6) is -0.505. The standard InChI is InChI=1S/C18H12BrF3N2O2/c19-12-4-5-14-15(9-12)24(7-6-16(14)25)10-17(26)23-13-3-1-2-11(8-13)18(20,21)22/h1-9H,10H2,(H,23,26). The molecule has 4 nitrogen and oxygen atoms in total. The summed E-state index contributed by atoms with van der Waals surface area (Å²) in [5, 5.41) is 2.89. The van der Waals surface area contributed by atoms with Crippen molar-refractivity contribution in [1.29, 1.82) is 0 Å². The van der Waals surface area contributed by atoms with Crippen LogP contribution >= 0.6 is 15.9 Å². The molecule has 0 aliphatic carbocycles. The lowest BCUT2D eigenvalue weighted by atomic mass is 10.2. The van der Waals surface area contributed by atoms with E-state index in [1.807, 2.05) is 0 Å². The van der Waals surface area contributed by atoms with Gasteiger partial charge in [0.15, 0.2) is 5.43 Å². The highest BCUT2D eigenvalue weighted by Gasteiger charge is 2.30. The highest BCUT2D eigenvalue weighted by Crippen LogP contribution is 2.30. The molecule has 0 spiro atoms. The van der Waals surface area contributed by atoms with Crippen LogP contribution in [0.2, 0.25) is 0 Å². The van der Waals surface area contributed by atoms with Crippen molar-refractivity contribution in [3.8, 4) is 0 Å². The number of hydrogen-bond donors (Lipinski definition) is 1. The number of carbonyl (C=O) groups excluding carboxylic acids is 1. The van der Waals surface area contributed by atoms with Gasteiger partial charge in [-0.1, -0.05) is 22.0 Å². The molecule has 0 aliphatic rings. The predicted octanol–water partition coefficient (Wildman–Crippen LogP) is 4.42. The Morgan fingerprint density at radius 1 is 1.12 bits per heavy atom. The first-order valence-corrected chi connectivity index (χ1v) is 8.29. The van der Waals surface area contributed by atoms with E-state index in [9.17, 15) is 22.8 Å². The zero-order valence-corrected chi connectivity index (χ0v) is 14.8. The van der Waals surface area contributed by atoms with E-state index in [1.165, 1.54) is 24.4 Å². The number of pyridine rings is 1. The van der Waals surface area contributed by atoms with Gasteiger partial charge in [-0.3, -0.25) is 9.59 Å². The van der Waals surface area contributed by atoms with Crippen LogP contribution in [-0.4, -0.2) is 10.5 Å². The molecule has 8 heteroatoms. The summed E-state index contributed by atoms with van der Waals surface area (Å²) in [6, 6.07) is 10.8. The molecule has 0 saturated heterocycles. The number of halogens is 4. The number of alkyl halides is 3. The largest absolute Gasteiger partial charge is 0.416 e. The number of amides is 1. The molecule has 0 bridgehead atoms. The smallest absolute Gasteiger partial charge is 0.338 e. The number of aromatic nitrogens is 1. The Kier molecular flexibility index (Phi) is 4.86. The van der Waals surface area contributed by atoms with Gasteiger partial charge in [0.25, 0.3) is 0 Å². The van der Waals surface area contributed by atoms with E-state index in [-0.39, 0.29) is 17.7 Å². The number of nitrogens with zero attached hydrogens (tertiary/aromatic N) is 1. The lowest BCUT2D eigenvalue weighted by Crippen LogP contribution is -2.20. The Morgan fingerprint density at radius 3 is 2.62 bits per heavy atom. The second-order valence-corrected chi connectivity index (χ2v) is 6.51. The molecule has 3 aromatic rings. The van der Waals surface area contributed by atoms with Gasteiger partial charge < -0.3 is 9.88 Å². The lowest BCUT2D eigenvalue weighted by molar-refractivity contribution is -0.137. The molecule has 0 radical (unpaired) electrons. The van der Waals surface area contributed by atoms with E-state index < -0.39 is 17.6 Å². The molecular formula is C18H12BrF3N2O2. The number of anilines is 1. The number of nitrogens with one attached hydrogen (secondary N) is 1. The van der Waals surface area contributed by atoms with Crippen molar-refractivity contribution in [2.75, 3.05) is 5.32 Å². The summed E-state index contributed by atoms with van der Waals surface area (Å²) in [6.07, 6.45) is -3.01. The molecule has 1 amide bonds. The van der Waals surface area contributed by atoms with Crippen LogP contribution in [-0.2, 0) is 17.5 Å². The van der Waals surface area contributed by atoms with E-state index in [0.717, 1.165) is 16.6 Å². The molecule has 26 heavy (non-hydrogen) atoms. The summed E-state index contributed by atoms with van der Waals surface area (Å²) in [5.41, 5.74) is -0.419. The van der Waals surface area contributed by atoms with E-state index in [4.69, 9.17) is 0 Å². The summed E-state index contributed by atoms with van der Waals surface area (Å²) in [4.78, 5) is 24.2. The minimum atomic E-state index is -4.48. The minimum Gasteiger partial charge on any atom is -0.338 e. The number of carbonyl (C=O) groups is 1. The molecule has 1 N–H and O–H groups in total. The zero-order valence-electron chi connectivity index (χ0n) is 13.2. The Bertz CT molecular complexity index is 1040. The second kappa shape index (κ2) is 6.95. The lowest BCUT2D eigenvalue weighted by Gasteiger charge is -2.12. The molecule has 134 valence electrons. The van der Waals surface area contributed by atoms with Gasteiger partial charge in [-0.25, -0.2) is 0 Å². The van der Waals surface area contributed by atoms with Crippen molar-refractivity contribution in [3.05, 3.63) is 75.0 Å². The van der Waals surface area contributed by atoms with Gasteiger partial charge in [0, 0.05) is 27.8 Å². The van der Waals surface area contributed by atoms with Crippen LogP contribution in [0.3, 0.4) is 0 Å². The molecule has 1 heterocycles. The topological polar surface area (TPSA) is 51.1 Å². The van der Waals surface area contributed by atoms with Gasteiger partial charge in [-0.15, -0.1) is 0 Å². The van der Waals surface area contributed by atoms with Gasteiger partial charge >= 0.3 is 6.18 Å². The normalized spacial score (nSPS) is 11.5. The summed E-state index contributed by atoms with van der Waals surface area (Å²) in [7, 11) is 0. The number of rotatable bonds is 3. The van der Waals surface area contributed by atoms with Gasteiger partial charge in [-0.05, 0) is 36.4 Å². The van der Waals surface area contributed by atoms with Crippen LogP contribution in [0.25, 0.3) is 10.9 Å². The first-order chi connectivity index (χ1) is 12.2. The van der Waals surface area contributed by atoms with Crippen LogP contribution in [0, 0.1) is 0 Å². The van der Waals surface area contributed by atoms with E-state index in [2.05, 4.69) is 21.2 Å². The van der Waals surface area contributed by atoms with Crippen molar-refractivity contribution >= 4 is 38.4 Å². The fourth-order valence-electron chi connectivity index (χ4n) is 2.54. The third kappa shape index (κ3) is 3.96. The molecular weight excluding hydrogens is 413 g/mol. The van der Waals surface area contributed by atoms with Crippen molar-refractivity contribution < 1.29 is 18.0 Å². The van der Waals surface area contributed by atoms with Crippen LogP contribution < -0.4 is 10.7 Å². The van der Waals surface area contributed by atoms with Crippen molar-refractivity contribution in [1.82, 2.24) is 4.57 Å². The SMILES string of the molecule is O=C(Cn1ccc(=O)c2ccc(Br)cc21)Nc1cccc(C(F)(F)F)c1. The van der Waals surface area contributed by atoms with E-state index in [1.54, 1.807) is 22.8 Å². The Hall–Kier alpha value is -2.61. The maximum atomic E-state index is 12.8. The van der Waals surface area contributed by atoms with Gasteiger partial charge in [0.05, 0.1) is 11.1 Å². The third-order valence-corrected chi connectivity index (χ3v) is 4.22. The summed E-state index contributed by atoms with van der Waals surface area (Å²) < 4.78 is 40.6. The molecule has 0 aliphatic heterocycles. The first-order valence-electron chi connectivity index (χ1n) is 7.50. The molecule has 2 aromatic carbocycles. The quantitative estimate of drug-likeness (QED) is 0.676. The molecule has 3 rings (SSSR count). The predicted molar refractivity (Wildman–Crippen MR) is 96.0 cm³/mol. The number of fused-ring (bicyclic) bond motifs is 1. The summed E-state index contributed by atoms with van der Waals surface area (Å²) in [6.45, 7) is -0.149. The average molecular weight is 425 g/mol. The van der Waals surface area contributed by atoms with Gasteiger partial charge in [0.2, 0.25) is 5.91 Å². The average Bonchev–Trinajstić information content (AvgIpc) is 2.57. The Morgan fingerprint density at radius 2 is 1.88 bits per heavy atom. The zero-order chi connectivity index (χ0) is 18.9. The fraction of sp³-hybridized carbons (Fsp3) is 0.111. The Balaban J connectivity index is 1.85. The van der Waals surface area contributed by atoms with E-state index in [0.29, 0.717) is 10.9 Å². The van der Waals surface area contributed by atoms with Crippen molar-refractivity contribution in [2.24, 2.45) is 0 Å². The molecule has 0 saturated carbocycles. The molecule has 0 atom stereocenters. The molecule has 0 unspecified atom stereocenters. The van der Waals surface area contributed by atoms with Crippen molar-refractivity contribution in [3.63, 3.8) is 0 Å². The van der Waals surface area contributed by atoms with Gasteiger partial charge in [0.1, 0.15) is 6.54 Å². The first kappa shape index (κ1) is 18.2. The summed E-state index contributed by atoms with van der Waals surface area (Å²) >= 11 is 3.32. The van der Waals surface area contributed by atoms with Gasteiger partial charge in [-0.2, -0.15) is 13.2 Å². The van der Waals surface area contributed by atoms with E-state index >= 15 is 0 Å².